The highest BCUT2D eigenvalue weighted by molar-refractivity contribution is 6.33. The molecule has 2 atom stereocenters. The Labute approximate surface area is 154 Å². The summed E-state index contributed by atoms with van der Waals surface area (Å²) in [5.41, 5.74) is 10.1. The molecule has 2 aromatic carbocycles. The summed E-state index contributed by atoms with van der Waals surface area (Å²) in [5, 5.41) is 14.3. The van der Waals surface area contributed by atoms with Crippen molar-refractivity contribution in [3.8, 4) is 5.75 Å². The smallest absolute Gasteiger partial charge is 0.258 e. The molecule has 2 aromatic rings. The highest BCUT2D eigenvalue weighted by Gasteiger charge is 2.31. The highest BCUT2D eigenvalue weighted by Crippen LogP contribution is 2.30. The summed E-state index contributed by atoms with van der Waals surface area (Å²) >= 11 is 12.2. The Hall–Kier alpha value is -2.12. The van der Waals surface area contributed by atoms with Crippen LogP contribution in [0.2, 0.25) is 10.0 Å². The lowest BCUT2D eigenvalue weighted by Gasteiger charge is -2.12. The molecule has 6 nitrogen and oxygen atoms in total. The molecule has 0 spiro atoms. The third-order valence-electron chi connectivity index (χ3n) is 3.83. The van der Waals surface area contributed by atoms with Gasteiger partial charge in [0, 0.05) is 16.1 Å². The number of rotatable bonds is 4. The van der Waals surface area contributed by atoms with Crippen LogP contribution in [0, 0.1) is 0 Å². The van der Waals surface area contributed by atoms with Crippen molar-refractivity contribution in [2.24, 2.45) is 5.10 Å². The number of phenolic OH excluding ortho intramolecular Hbond substituents is 1. The quantitative estimate of drug-likeness (QED) is 0.486. The molecule has 1 aliphatic heterocycles. The van der Waals surface area contributed by atoms with Crippen LogP contribution < -0.4 is 16.3 Å². The van der Waals surface area contributed by atoms with E-state index in [0.717, 1.165) is 11.1 Å². The average Bonchev–Trinajstić information content (AvgIpc) is 3.09. The van der Waals surface area contributed by atoms with Gasteiger partial charge in [-0.2, -0.15) is 5.10 Å². The maximum Gasteiger partial charge on any atom is 0.258 e. The maximum atomic E-state index is 12.2. The van der Waals surface area contributed by atoms with Crippen molar-refractivity contribution in [3.63, 3.8) is 0 Å². The van der Waals surface area contributed by atoms with E-state index in [1.54, 1.807) is 42.5 Å². The molecule has 3 rings (SSSR count). The molecule has 25 heavy (non-hydrogen) atoms. The first kappa shape index (κ1) is 17.7. The molecule has 2 unspecified atom stereocenters. The number of hydrogen-bond acceptors (Lipinski definition) is 5. The molecule has 0 aliphatic carbocycles. The van der Waals surface area contributed by atoms with Crippen molar-refractivity contribution in [2.45, 2.75) is 18.5 Å². The predicted molar refractivity (Wildman–Crippen MR) is 97.7 cm³/mol. The number of aromatic hydroxyl groups is 1. The number of nitrogens with one attached hydrogen (secondary N) is 3. The second kappa shape index (κ2) is 7.84. The van der Waals surface area contributed by atoms with E-state index in [-0.39, 0.29) is 17.7 Å². The van der Waals surface area contributed by atoms with Gasteiger partial charge >= 0.3 is 0 Å². The number of carbonyl (C=O) groups excluding carboxylic acids is 1. The summed E-state index contributed by atoms with van der Waals surface area (Å²) in [6, 6.07) is 11.1. The van der Waals surface area contributed by atoms with E-state index in [1.165, 1.54) is 6.21 Å². The number of nitrogens with zero attached hydrogens (tertiary/aromatic N) is 1. The second-order valence-corrected chi connectivity index (χ2v) is 6.46. The summed E-state index contributed by atoms with van der Waals surface area (Å²) in [6.45, 7) is 0. The minimum absolute atomic E-state index is 0.122. The van der Waals surface area contributed by atoms with Crippen LogP contribution in [0.3, 0.4) is 0 Å². The summed E-state index contributed by atoms with van der Waals surface area (Å²) in [6.07, 6.45) is 2.02. The van der Waals surface area contributed by atoms with Gasteiger partial charge in [0.05, 0.1) is 6.21 Å². The zero-order chi connectivity index (χ0) is 17.8. The Kier molecular flexibility index (Phi) is 5.55. The summed E-state index contributed by atoms with van der Waals surface area (Å²) in [4.78, 5) is 12.2. The van der Waals surface area contributed by atoms with E-state index in [1.807, 2.05) is 0 Å². The lowest BCUT2D eigenvalue weighted by atomic mass is 10.0. The van der Waals surface area contributed by atoms with Gasteiger partial charge in [0.2, 0.25) is 0 Å². The van der Waals surface area contributed by atoms with Crippen molar-refractivity contribution in [1.82, 2.24) is 16.3 Å². The molecular formula is C17H16Cl2N4O2. The normalized spacial score (nSPS) is 20.1. The monoisotopic (exact) mass is 378 g/mol. The van der Waals surface area contributed by atoms with Crippen molar-refractivity contribution >= 4 is 35.3 Å². The molecule has 1 aliphatic rings. The van der Waals surface area contributed by atoms with Crippen molar-refractivity contribution in [2.75, 3.05) is 0 Å². The number of phenols is 1. The van der Waals surface area contributed by atoms with Crippen LogP contribution in [0.15, 0.2) is 47.6 Å². The van der Waals surface area contributed by atoms with Gasteiger partial charge in [-0.3, -0.25) is 4.79 Å². The van der Waals surface area contributed by atoms with Gasteiger partial charge in [-0.1, -0.05) is 23.2 Å². The van der Waals surface area contributed by atoms with Gasteiger partial charge in [0.1, 0.15) is 11.8 Å². The zero-order valence-electron chi connectivity index (χ0n) is 13.0. The number of halogens is 2. The Morgan fingerprint density at radius 2 is 1.96 bits per heavy atom. The number of amides is 1. The van der Waals surface area contributed by atoms with E-state index in [0.29, 0.717) is 16.5 Å². The fourth-order valence-electron chi connectivity index (χ4n) is 2.52. The van der Waals surface area contributed by atoms with Gasteiger partial charge in [-0.15, -0.1) is 0 Å². The van der Waals surface area contributed by atoms with Crippen LogP contribution in [0.1, 0.15) is 23.6 Å². The number of hydrazine groups is 1. The van der Waals surface area contributed by atoms with E-state index in [2.05, 4.69) is 21.4 Å². The molecule has 0 radical (unpaired) electrons. The van der Waals surface area contributed by atoms with Crippen LogP contribution in [0.25, 0.3) is 0 Å². The van der Waals surface area contributed by atoms with Crippen molar-refractivity contribution < 1.29 is 9.90 Å². The number of carbonyl (C=O) groups is 1. The summed E-state index contributed by atoms with van der Waals surface area (Å²) < 4.78 is 0. The van der Waals surface area contributed by atoms with E-state index in [4.69, 9.17) is 23.2 Å². The Balaban J connectivity index is 1.57. The van der Waals surface area contributed by atoms with E-state index in [9.17, 15) is 9.90 Å². The van der Waals surface area contributed by atoms with Crippen LogP contribution in [0.4, 0.5) is 0 Å². The standard InChI is InChI=1S/C17H16Cl2N4O2/c18-11-3-6-14(19)13(7-11)15-8-16(22-21-15)17(25)23-20-9-10-1-4-12(24)5-2-10/h1-7,9,15-16,21-22,24H,8H2,(H,23,25)/b20-9+. The fraction of sp³-hybridized carbons (Fsp3) is 0.176. The average molecular weight is 379 g/mol. The first-order chi connectivity index (χ1) is 12.0. The molecule has 0 bridgehead atoms. The first-order valence-electron chi connectivity index (χ1n) is 7.61. The third-order valence-corrected chi connectivity index (χ3v) is 4.41. The highest BCUT2D eigenvalue weighted by atomic mass is 35.5. The van der Waals surface area contributed by atoms with Crippen molar-refractivity contribution in [1.29, 1.82) is 0 Å². The van der Waals surface area contributed by atoms with Crippen LogP contribution >= 0.6 is 23.2 Å². The number of benzene rings is 2. The molecule has 4 N–H and O–H groups in total. The predicted octanol–water partition coefficient (Wildman–Crippen LogP) is 2.76. The molecule has 1 heterocycles. The second-order valence-electron chi connectivity index (χ2n) is 5.62. The van der Waals surface area contributed by atoms with E-state index < -0.39 is 6.04 Å². The molecule has 0 aromatic heterocycles. The summed E-state index contributed by atoms with van der Waals surface area (Å²) in [5.74, 6) is -0.0867. The Morgan fingerprint density at radius 1 is 1.20 bits per heavy atom. The molecule has 130 valence electrons. The lowest BCUT2D eigenvalue weighted by molar-refractivity contribution is -0.122. The van der Waals surface area contributed by atoms with Gasteiger partial charge in [0.25, 0.3) is 5.91 Å². The number of hydrogen-bond donors (Lipinski definition) is 4. The van der Waals surface area contributed by atoms with Gasteiger partial charge in [0.15, 0.2) is 0 Å². The van der Waals surface area contributed by atoms with E-state index >= 15 is 0 Å². The Bertz CT molecular complexity index is 796. The number of hydrazone groups is 1. The lowest BCUT2D eigenvalue weighted by Crippen LogP contribution is -2.41. The molecule has 0 saturated carbocycles. The van der Waals surface area contributed by atoms with Gasteiger partial charge < -0.3 is 5.11 Å². The minimum atomic E-state index is -0.447. The topological polar surface area (TPSA) is 85.8 Å². The molecule has 1 saturated heterocycles. The maximum absolute atomic E-state index is 12.2. The van der Waals surface area contributed by atoms with Crippen molar-refractivity contribution in [3.05, 3.63) is 63.6 Å². The van der Waals surface area contributed by atoms with Crippen LogP contribution in [-0.2, 0) is 4.79 Å². The van der Waals surface area contributed by atoms with Crippen LogP contribution in [0.5, 0.6) is 5.75 Å². The van der Waals surface area contributed by atoms with Gasteiger partial charge in [-0.05, 0) is 60.0 Å². The summed E-state index contributed by atoms with van der Waals surface area (Å²) in [7, 11) is 0. The van der Waals surface area contributed by atoms with Crippen LogP contribution in [-0.4, -0.2) is 23.3 Å². The Morgan fingerprint density at radius 3 is 2.72 bits per heavy atom. The fourth-order valence-corrected chi connectivity index (χ4v) is 2.95. The molecule has 8 heteroatoms. The molecule has 1 amide bonds. The minimum Gasteiger partial charge on any atom is -0.508 e. The third kappa shape index (κ3) is 4.49. The molecular weight excluding hydrogens is 363 g/mol. The largest absolute Gasteiger partial charge is 0.508 e. The SMILES string of the molecule is O=C(N/N=C/c1ccc(O)cc1)C1CC(c2cc(Cl)ccc2Cl)NN1. The molecule has 1 fully saturated rings. The first-order valence-corrected chi connectivity index (χ1v) is 8.36. The zero-order valence-corrected chi connectivity index (χ0v) is 14.6. The van der Waals surface area contributed by atoms with Gasteiger partial charge in [-0.25, -0.2) is 16.3 Å².